The van der Waals surface area contributed by atoms with E-state index in [2.05, 4.69) is 10.3 Å². The number of hydrogen-bond donors (Lipinski definition) is 2. The van der Waals surface area contributed by atoms with E-state index in [-0.39, 0.29) is 11.3 Å². The van der Waals surface area contributed by atoms with Crippen molar-refractivity contribution >= 4 is 34.2 Å². The molecular weight excluding hydrogens is 372 g/mol. The Morgan fingerprint density at radius 3 is 2.73 bits per heavy atom. The minimum Gasteiger partial charge on any atom is -0.387 e. The summed E-state index contributed by atoms with van der Waals surface area (Å²) in [4.78, 5) is 4.63. The van der Waals surface area contributed by atoms with Crippen LogP contribution < -0.4 is 5.32 Å². The number of fused-ring (bicyclic) bond motifs is 1. The van der Waals surface area contributed by atoms with Crippen LogP contribution in [0.5, 0.6) is 0 Å². The summed E-state index contributed by atoms with van der Waals surface area (Å²) in [5, 5.41) is 15.3. The molecule has 0 spiro atoms. The summed E-state index contributed by atoms with van der Waals surface area (Å²) >= 11 is 7.43. The Labute approximate surface area is 161 Å². The molecule has 7 heteroatoms. The molecule has 0 radical (unpaired) electrons. The van der Waals surface area contributed by atoms with E-state index in [1.54, 1.807) is 0 Å². The first kappa shape index (κ1) is 17.8. The van der Waals surface area contributed by atoms with E-state index in [1.807, 2.05) is 54.6 Å². The minimum absolute atomic E-state index is 0.0821. The zero-order valence-corrected chi connectivity index (χ0v) is 15.5. The molecule has 1 saturated heterocycles. The number of aliphatic hydroxyl groups is 1. The predicted octanol–water partition coefficient (Wildman–Crippen LogP) is 3.53. The number of thioether (sulfide) groups is 1. The van der Waals surface area contributed by atoms with Crippen molar-refractivity contribution in [2.75, 3.05) is 11.9 Å². The van der Waals surface area contributed by atoms with E-state index >= 15 is 0 Å². The molecule has 4 rings (SSSR count). The third-order valence-electron chi connectivity index (χ3n) is 4.31. The summed E-state index contributed by atoms with van der Waals surface area (Å²) < 4.78 is 11.5. The quantitative estimate of drug-likeness (QED) is 0.836. The first-order valence-electron chi connectivity index (χ1n) is 8.41. The van der Waals surface area contributed by atoms with Gasteiger partial charge in [-0.15, -0.1) is 0 Å². The molecule has 0 bridgehead atoms. The molecule has 0 amide bonds. The van der Waals surface area contributed by atoms with Crippen LogP contribution in [0.1, 0.15) is 5.56 Å². The number of nitrogens with one attached hydrogen (secondary N) is 1. The van der Waals surface area contributed by atoms with Crippen molar-refractivity contribution in [2.45, 2.75) is 30.3 Å². The molecule has 0 aliphatic carbocycles. The number of hydrogen-bond acceptors (Lipinski definition) is 6. The maximum atomic E-state index is 10.6. The number of ether oxygens (including phenoxy) is 2. The van der Waals surface area contributed by atoms with Crippen molar-refractivity contribution in [3.63, 3.8) is 0 Å². The van der Waals surface area contributed by atoms with Crippen LogP contribution in [-0.2, 0) is 16.1 Å². The van der Waals surface area contributed by atoms with Crippen LogP contribution in [0, 0.1) is 0 Å². The molecule has 2 aromatic rings. The molecule has 136 valence electrons. The van der Waals surface area contributed by atoms with Crippen LogP contribution in [0.4, 0.5) is 5.69 Å². The van der Waals surface area contributed by atoms with Crippen LogP contribution in [0.3, 0.4) is 0 Å². The third-order valence-corrected chi connectivity index (χ3v) is 5.86. The lowest BCUT2D eigenvalue weighted by Gasteiger charge is -2.34. The van der Waals surface area contributed by atoms with Crippen molar-refractivity contribution in [3.05, 3.63) is 65.2 Å². The normalized spacial score (nSPS) is 27.7. The maximum Gasteiger partial charge on any atom is 0.185 e. The summed E-state index contributed by atoms with van der Waals surface area (Å²) in [6.45, 7) is 0.835. The fourth-order valence-corrected chi connectivity index (χ4v) is 4.28. The lowest BCUT2D eigenvalue weighted by atomic mass is 10.1. The van der Waals surface area contributed by atoms with Crippen molar-refractivity contribution in [3.8, 4) is 0 Å². The van der Waals surface area contributed by atoms with Crippen molar-refractivity contribution in [2.24, 2.45) is 4.99 Å². The number of amidine groups is 1. The zero-order valence-electron chi connectivity index (χ0n) is 13.9. The van der Waals surface area contributed by atoms with Gasteiger partial charge in [-0.25, -0.2) is 0 Å². The smallest absolute Gasteiger partial charge is 0.185 e. The van der Waals surface area contributed by atoms with Crippen LogP contribution in [0.15, 0.2) is 59.6 Å². The molecule has 26 heavy (non-hydrogen) atoms. The second-order valence-corrected chi connectivity index (χ2v) is 7.81. The maximum absolute atomic E-state index is 10.6. The fourth-order valence-electron chi connectivity index (χ4n) is 2.96. The van der Waals surface area contributed by atoms with Gasteiger partial charge in [0.25, 0.3) is 0 Å². The average Bonchev–Trinajstić information content (AvgIpc) is 3.07. The minimum atomic E-state index is -0.740. The van der Waals surface area contributed by atoms with Gasteiger partial charge in [-0.3, -0.25) is 4.99 Å². The topological polar surface area (TPSA) is 63.1 Å². The Morgan fingerprint density at radius 2 is 1.96 bits per heavy atom. The molecule has 5 nitrogen and oxygen atoms in total. The summed E-state index contributed by atoms with van der Waals surface area (Å²) in [7, 11) is 0. The van der Waals surface area contributed by atoms with Gasteiger partial charge in [0.2, 0.25) is 0 Å². The zero-order chi connectivity index (χ0) is 17.9. The Kier molecular flexibility index (Phi) is 5.47. The lowest BCUT2D eigenvalue weighted by Crippen LogP contribution is -2.50. The number of aliphatic imine (C=N–C) groups is 1. The van der Waals surface area contributed by atoms with E-state index in [9.17, 15) is 5.11 Å². The van der Waals surface area contributed by atoms with Gasteiger partial charge >= 0.3 is 0 Å². The fraction of sp³-hybridized carbons (Fsp3) is 0.316. The van der Waals surface area contributed by atoms with Gasteiger partial charge in [-0.1, -0.05) is 53.7 Å². The van der Waals surface area contributed by atoms with E-state index < -0.39 is 12.4 Å². The standard InChI is InChI=1S/C19H19ClN2O3S/c20-13-6-8-14(9-7-13)21-19-22-15-11-25-18(16(23)17(15)26-19)24-10-12-4-2-1-3-5-12/h1-9,15-18,23H,10-11H2,(H,21,22)/t15-,16+,17-,18+/m1/s1. The van der Waals surface area contributed by atoms with Gasteiger partial charge in [0.1, 0.15) is 6.10 Å². The summed E-state index contributed by atoms with van der Waals surface area (Å²) in [5.74, 6) is 0. The lowest BCUT2D eigenvalue weighted by molar-refractivity contribution is -0.220. The Bertz CT molecular complexity index is 772. The Morgan fingerprint density at radius 1 is 1.19 bits per heavy atom. The molecule has 2 aromatic carbocycles. The molecule has 2 aliphatic rings. The van der Waals surface area contributed by atoms with E-state index in [4.69, 9.17) is 21.1 Å². The van der Waals surface area contributed by atoms with E-state index in [0.29, 0.717) is 18.2 Å². The van der Waals surface area contributed by atoms with Gasteiger partial charge in [0.15, 0.2) is 11.5 Å². The molecule has 0 aromatic heterocycles. The summed E-state index contributed by atoms with van der Waals surface area (Å²) in [6.07, 6.45) is -1.38. The number of aliphatic hydroxyl groups excluding tert-OH is 1. The number of halogens is 1. The molecule has 4 atom stereocenters. The molecule has 1 fully saturated rings. The van der Waals surface area contributed by atoms with Gasteiger partial charge in [0, 0.05) is 10.7 Å². The average molecular weight is 391 g/mol. The monoisotopic (exact) mass is 390 g/mol. The largest absolute Gasteiger partial charge is 0.387 e. The number of rotatable bonds is 4. The number of nitrogens with zero attached hydrogens (tertiary/aromatic N) is 1. The Hall–Kier alpha value is -1.57. The number of benzene rings is 2. The highest BCUT2D eigenvalue weighted by molar-refractivity contribution is 8.15. The summed E-state index contributed by atoms with van der Waals surface area (Å²) in [6, 6.07) is 17.2. The van der Waals surface area contributed by atoms with Gasteiger partial charge in [0.05, 0.1) is 24.5 Å². The molecule has 2 heterocycles. The van der Waals surface area contributed by atoms with E-state index in [0.717, 1.165) is 16.4 Å². The van der Waals surface area contributed by atoms with Crippen LogP contribution in [-0.4, -0.2) is 40.6 Å². The second kappa shape index (κ2) is 7.98. The Balaban J connectivity index is 1.34. The number of anilines is 1. The highest BCUT2D eigenvalue weighted by atomic mass is 35.5. The third kappa shape index (κ3) is 4.05. The first-order chi connectivity index (χ1) is 12.7. The van der Waals surface area contributed by atoms with E-state index in [1.165, 1.54) is 11.8 Å². The predicted molar refractivity (Wildman–Crippen MR) is 105 cm³/mol. The summed E-state index contributed by atoms with van der Waals surface area (Å²) in [5.41, 5.74) is 1.96. The molecule has 2 N–H and O–H groups in total. The second-order valence-electron chi connectivity index (χ2n) is 6.20. The van der Waals surface area contributed by atoms with Crippen molar-refractivity contribution in [1.29, 1.82) is 0 Å². The van der Waals surface area contributed by atoms with Gasteiger partial charge in [-0.05, 0) is 29.8 Å². The molecule has 0 unspecified atom stereocenters. The van der Waals surface area contributed by atoms with Crippen molar-refractivity contribution < 1.29 is 14.6 Å². The van der Waals surface area contributed by atoms with Crippen LogP contribution in [0.25, 0.3) is 0 Å². The highest BCUT2D eigenvalue weighted by Gasteiger charge is 2.44. The molecule has 2 aliphatic heterocycles. The van der Waals surface area contributed by atoms with Crippen LogP contribution in [0.2, 0.25) is 5.02 Å². The molecule has 0 saturated carbocycles. The highest BCUT2D eigenvalue weighted by Crippen LogP contribution is 2.35. The SMILES string of the molecule is O[C@@H]1[C@@H](OCc2ccccc2)OC[C@H]2N=C(Nc3ccc(Cl)cc3)S[C@@H]12. The molecular formula is C19H19ClN2O3S. The van der Waals surface area contributed by atoms with Crippen molar-refractivity contribution in [1.82, 2.24) is 0 Å². The first-order valence-corrected chi connectivity index (χ1v) is 9.67. The van der Waals surface area contributed by atoms with Gasteiger partial charge < -0.3 is 19.9 Å². The van der Waals surface area contributed by atoms with Crippen LogP contribution >= 0.6 is 23.4 Å². The van der Waals surface area contributed by atoms with Gasteiger partial charge in [-0.2, -0.15) is 0 Å².